The number of ether oxygens (including phenoxy) is 1. The minimum Gasteiger partial charge on any atom is -0.444 e. The number of amides is 1. The summed E-state index contributed by atoms with van der Waals surface area (Å²) in [5.41, 5.74) is -0.411. The summed E-state index contributed by atoms with van der Waals surface area (Å²) in [7, 11) is 0. The van der Waals surface area contributed by atoms with Crippen molar-refractivity contribution in [2.75, 3.05) is 52.4 Å². The zero-order valence-electron chi connectivity index (χ0n) is 15.1. The molecule has 2 aliphatic heterocycles. The summed E-state index contributed by atoms with van der Waals surface area (Å²) in [6.45, 7) is 13.4. The van der Waals surface area contributed by atoms with E-state index in [1.807, 2.05) is 25.7 Å². The van der Waals surface area contributed by atoms with Gasteiger partial charge in [0.25, 0.3) is 0 Å². The molecule has 0 aromatic carbocycles. The van der Waals surface area contributed by atoms with Gasteiger partial charge in [0.15, 0.2) is 0 Å². The Morgan fingerprint density at radius 2 is 1.96 bits per heavy atom. The molecular weight excluding hydrogens is 292 g/mol. The highest BCUT2D eigenvalue weighted by atomic mass is 16.6. The van der Waals surface area contributed by atoms with Crippen LogP contribution in [-0.2, 0) is 4.74 Å². The molecule has 2 N–H and O–H groups in total. The Hall–Kier alpha value is -0.850. The Kier molecular flexibility index (Phi) is 7.11. The second kappa shape index (κ2) is 8.85. The monoisotopic (exact) mass is 326 g/mol. The Morgan fingerprint density at radius 1 is 1.22 bits per heavy atom. The molecule has 0 aliphatic carbocycles. The lowest BCUT2D eigenvalue weighted by molar-refractivity contribution is 0.0146. The fourth-order valence-electron chi connectivity index (χ4n) is 3.09. The molecule has 1 unspecified atom stereocenters. The SMILES string of the molecule is CC(C)(C)OC(=O)N1CCN(CCNCC2CCCCN2)CC1. The highest BCUT2D eigenvalue weighted by molar-refractivity contribution is 5.68. The van der Waals surface area contributed by atoms with Gasteiger partial charge in [-0.2, -0.15) is 0 Å². The summed E-state index contributed by atoms with van der Waals surface area (Å²) in [4.78, 5) is 16.3. The van der Waals surface area contributed by atoms with E-state index in [9.17, 15) is 4.79 Å². The predicted molar refractivity (Wildman–Crippen MR) is 92.8 cm³/mol. The molecule has 2 heterocycles. The first-order valence-electron chi connectivity index (χ1n) is 9.08. The van der Waals surface area contributed by atoms with Crippen LogP contribution in [0.5, 0.6) is 0 Å². The van der Waals surface area contributed by atoms with Crippen molar-refractivity contribution in [1.82, 2.24) is 20.4 Å². The van der Waals surface area contributed by atoms with Gasteiger partial charge in [-0.25, -0.2) is 4.79 Å². The van der Waals surface area contributed by atoms with Gasteiger partial charge >= 0.3 is 6.09 Å². The van der Waals surface area contributed by atoms with E-state index in [0.717, 1.165) is 45.8 Å². The molecule has 2 aliphatic rings. The van der Waals surface area contributed by atoms with Crippen molar-refractivity contribution in [2.24, 2.45) is 0 Å². The maximum atomic E-state index is 12.0. The van der Waals surface area contributed by atoms with Crippen LogP contribution < -0.4 is 10.6 Å². The second-order valence-electron chi connectivity index (χ2n) is 7.66. The molecule has 0 radical (unpaired) electrons. The lowest BCUT2D eigenvalue weighted by Gasteiger charge is -2.35. The summed E-state index contributed by atoms with van der Waals surface area (Å²) in [6, 6.07) is 0.646. The number of carbonyl (C=O) groups excluding carboxylic acids is 1. The average Bonchev–Trinajstić information content (AvgIpc) is 2.51. The summed E-state index contributed by atoms with van der Waals surface area (Å²) in [6.07, 6.45) is 3.78. The molecule has 6 heteroatoms. The quantitative estimate of drug-likeness (QED) is 0.745. The first-order valence-corrected chi connectivity index (χ1v) is 9.08. The Bertz CT molecular complexity index is 356. The molecule has 1 amide bonds. The maximum absolute atomic E-state index is 12.0. The molecule has 2 fully saturated rings. The molecule has 0 saturated carbocycles. The number of hydrogen-bond acceptors (Lipinski definition) is 5. The lowest BCUT2D eigenvalue weighted by Crippen LogP contribution is -2.51. The molecule has 23 heavy (non-hydrogen) atoms. The number of carbonyl (C=O) groups is 1. The van der Waals surface area contributed by atoms with Crippen molar-refractivity contribution >= 4 is 6.09 Å². The molecule has 6 nitrogen and oxygen atoms in total. The van der Waals surface area contributed by atoms with Crippen LogP contribution in [0.1, 0.15) is 40.0 Å². The van der Waals surface area contributed by atoms with Crippen molar-refractivity contribution in [3.63, 3.8) is 0 Å². The highest BCUT2D eigenvalue weighted by Gasteiger charge is 2.25. The molecule has 0 spiro atoms. The average molecular weight is 326 g/mol. The number of piperazine rings is 1. The van der Waals surface area contributed by atoms with Gasteiger partial charge in [-0.05, 0) is 40.2 Å². The Balaban J connectivity index is 1.55. The summed E-state index contributed by atoms with van der Waals surface area (Å²) < 4.78 is 5.43. The van der Waals surface area contributed by atoms with Crippen LogP contribution in [0.3, 0.4) is 0 Å². The fraction of sp³-hybridized carbons (Fsp3) is 0.941. The van der Waals surface area contributed by atoms with Crippen LogP contribution in [0.4, 0.5) is 4.79 Å². The predicted octanol–water partition coefficient (Wildman–Crippen LogP) is 1.27. The minimum atomic E-state index is -0.411. The van der Waals surface area contributed by atoms with Gasteiger partial charge in [0.2, 0.25) is 0 Å². The first kappa shape index (κ1) is 18.5. The van der Waals surface area contributed by atoms with Crippen molar-refractivity contribution in [1.29, 1.82) is 0 Å². The van der Waals surface area contributed by atoms with Crippen LogP contribution in [0.25, 0.3) is 0 Å². The van der Waals surface area contributed by atoms with E-state index in [1.54, 1.807) is 0 Å². The number of rotatable bonds is 5. The molecule has 2 saturated heterocycles. The largest absolute Gasteiger partial charge is 0.444 e. The van der Waals surface area contributed by atoms with E-state index in [1.165, 1.54) is 25.8 Å². The standard InChI is InChI=1S/C17H34N4O2/c1-17(2,3)23-16(22)21-12-10-20(11-13-21)9-8-18-14-15-6-4-5-7-19-15/h15,18-19H,4-14H2,1-3H3. The van der Waals surface area contributed by atoms with Crippen LogP contribution >= 0.6 is 0 Å². The van der Waals surface area contributed by atoms with Crippen molar-refractivity contribution < 1.29 is 9.53 Å². The fourth-order valence-corrected chi connectivity index (χ4v) is 3.09. The molecule has 134 valence electrons. The van der Waals surface area contributed by atoms with Crippen molar-refractivity contribution in [3.05, 3.63) is 0 Å². The van der Waals surface area contributed by atoms with Gasteiger partial charge in [0, 0.05) is 51.9 Å². The summed E-state index contributed by atoms with van der Waals surface area (Å²) >= 11 is 0. The summed E-state index contributed by atoms with van der Waals surface area (Å²) in [5, 5.41) is 7.12. The van der Waals surface area contributed by atoms with Gasteiger partial charge in [0.05, 0.1) is 0 Å². The number of hydrogen-bond donors (Lipinski definition) is 2. The topological polar surface area (TPSA) is 56.8 Å². The third-order valence-electron chi connectivity index (χ3n) is 4.43. The lowest BCUT2D eigenvalue weighted by atomic mass is 10.1. The van der Waals surface area contributed by atoms with Crippen LogP contribution in [-0.4, -0.2) is 79.9 Å². The zero-order chi connectivity index (χ0) is 16.7. The van der Waals surface area contributed by atoms with E-state index < -0.39 is 5.60 Å². The van der Waals surface area contributed by atoms with Crippen LogP contribution in [0, 0.1) is 0 Å². The van der Waals surface area contributed by atoms with Crippen LogP contribution in [0.15, 0.2) is 0 Å². The van der Waals surface area contributed by atoms with Gasteiger partial charge < -0.3 is 20.3 Å². The zero-order valence-corrected chi connectivity index (χ0v) is 15.1. The Labute approximate surface area is 140 Å². The third-order valence-corrected chi connectivity index (χ3v) is 4.43. The van der Waals surface area contributed by atoms with E-state index in [-0.39, 0.29) is 6.09 Å². The van der Waals surface area contributed by atoms with Gasteiger partial charge in [-0.3, -0.25) is 4.90 Å². The highest BCUT2D eigenvalue weighted by Crippen LogP contribution is 2.11. The molecule has 0 bridgehead atoms. The van der Waals surface area contributed by atoms with E-state index in [4.69, 9.17) is 4.74 Å². The second-order valence-corrected chi connectivity index (χ2v) is 7.66. The number of piperidine rings is 1. The molecule has 0 aromatic heterocycles. The maximum Gasteiger partial charge on any atom is 0.410 e. The number of nitrogens with zero attached hydrogens (tertiary/aromatic N) is 2. The normalized spacial score (nSPS) is 23.8. The minimum absolute atomic E-state index is 0.182. The van der Waals surface area contributed by atoms with Gasteiger partial charge in [-0.1, -0.05) is 6.42 Å². The Morgan fingerprint density at radius 3 is 2.57 bits per heavy atom. The smallest absolute Gasteiger partial charge is 0.410 e. The van der Waals surface area contributed by atoms with Gasteiger partial charge in [0.1, 0.15) is 5.60 Å². The molecule has 2 rings (SSSR count). The van der Waals surface area contributed by atoms with Gasteiger partial charge in [-0.15, -0.1) is 0 Å². The third kappa shape index (κ3) is 7.06. The first-order chi connectivity index (χ1) is 10.9. The van der Waals surface area contributed by atoms with E-state index >= 15 is 0 Å². The van der Waals surface area contributed by atoms with Crippen molar-refractivity contribution in [2.45, 2.75) is 51.7 Å². The van der Waals surface area contributed by atoms with Crippen LogP contribution in [0.2, 0.25) is 0 Å². The molecule has 0 aromatic rings. The van der Waals surface area contributed by atoms with E-state index in [0.29, 0.717) is 6.04 Å². The van der Waals surface area contributed by atoms with Crippen molar-refractivity contribution in [3.8, 4) is 0 Å². The number of nitrogens with one attached hydrogen (secondary N) is 2. The molecular formula is C17H34N4O2. The van der Waals surface area contributed by atoms with E-state index in [2.05, 4.69) is 15.5 Å². The molecule has 1 atom stereocenters. The summed E-state index contributed by atoms with van der Waals surface area (Å²) in [5.74, 6) is 0.